The number of nitrogens with two attached hydrogens (primary N) is 1. The zero-order chi connectivity index (χ0) is 24.3. The van der Waals surface area contributed by atoms with E-state index in [1.54, 1.807) is 29.6 Å². The Balaban J connectivity index is 1.97. The third-order valence-corrected chi connectivity index (χ3v) is 5.68. The fourth-order valence-corrected chi connectivity index (χ4v) is 4.17. The Labute approximate surface area is 194 Å². The number of nitrogens with one attached hydrogen (secondary N) is 1. The number of rotatable bonds is 7. The van der Waals surface area contributed by atoms with E-state index in [1.165, 1.54) is 7.11 Å². The number of primary amides is 1. The minimum atomic E-state index is -1.17. The van der Waals surface area contributed by atoms with Crippen molar-refractivity contribution in [2.24, 2.45) is 5.73 Å². The summed E-state index contributed by atoms with van der Waals surface area (Å²) in [4.78, 5) is 59.2. The first-order valence-electron chi connectivity index (χ1n) is 9.07. The number of nitrogens with zero attached hydrogens (tertiary/aromatic N) is 2. The molecule has 33 heavy (non-hydrogen) atoms. The SMILES string of the molecule is COC(=O)c1c(-c2ccccc2Cl)csc1NC(=O)Cn1cc([N+](=O)[O-])cc(C(N)=O)c1=O. The van der Waals surface area contributed by atoms with Crippen LogP contribution in [0.25, 0.3) is 11.1 Å². The van der Waals surface area contributed by atoms with Crippen LogP contribution in [0.2, 0.25) is 5.02 Å². The van der Waals surface area contributed by atoms with Crippen molar-refractivity contribution >= 4 is 51.4 Å². The van der Waals surface area contributed by atoms with E-state index in [4.69, 9.17) is 22.1 Å². The second-order valence-electron chi connectivity index (χ2n) is 6.54. The predicted molar refractivity (Wildman–Crippen MR) is 121 cm³/mol. The molecule has 0 atom stereocenters. The molecular formula is C20H15ClN4O7S. The fraction of sp³-hybridized carbons (Fsp3) is 0.100. The highest BCUT2D eigenvalue weighted by molar-refractivity contribution is 7.15. The van der Waals surface area contributed by atoms with Crippen molar-refractivity contribution in [1.29, 1.82) is 0 Å². The number of halogens is 1. The number of carbonyl (C=O) groups excluding carboxylic acids is 3. The largest absolute Gasteiger partial charge is 0.465 e. The highest BCUT2D eigenvalue weighted by atomic mass is 35.5. The molecule has 2 heterocycles. The first-order valence-corrected chi connectivity index (χ1v) is 10.3. The minimum Gasteiger partial charge on any atom is -0.465 e. The van der Waals surface area contributed by atoms with Gasteiger partial charge in [-0.25, -0.2) is 4.79 Å². The van der Waals surface area contributed by atoms with Gasteiger partial charge in [0.05, 0.1) is 18.2 Å². The van der Waals surface area contributed by atoms with Crippen molar-refractivity contribution in [3.8, 4) is 11.1 Å². The van der Waals surface area contributed by atoms with Crippen LogP contribution in [0, 0.1) is 10.1 Å². The molecule has 0 spiro atoms. The van der Waals surface area contributed by atoms with Crippen LogP contribution in [0.1, 0.15) is 20.7 Å². The average Bonchev–Trinajstić information content (AvgIpc) is 3.17. The summed E-state index contributed by atoms with van der Waals surface area (Å²) in [6.07, 6.45) is 0.819. The number of anilines is 1. The first kappa shape index (κ1) is 23.6. The number of aromatic nitrogens is 1. The Bertz CT molecular complexity index is 1350. The van der Waals surface area contributed by atoms with Gasteiger partial charge in [-0.2, -0.15) is 0 Å². The molecule has 13 heteroatoms. The van der Waals surface area contributed by atoms with Crippen LogP contribution in [0.15, 0.2) is 46.7 Å². The molecule has 3 aromatic rings. The smallest absolute Gasteiger partial charge is 0.341 e. The molecule has 0 unspecified atom stereocenters. The molecule has 0 aliphatic rings. The van der Waals surface area contributed by atoms with Crippen molar-refractivity contribution < 1.29 is 24.0 Å². The lowest BCUT2D eigenvalue weighted by atomic mass is 10.0. The van der Waals surface area contributed by atoms with Gasteiger partial charge in [0, 0.05) is 27.6 Å². The highest BCUT2D eigenvalue weighted by Gasteiger charge is 2.24. The van der Waals surface area contributed by atoms with Gasteiger partial charge in [0.1, 0.15) is 22.7 Å². The summed E-state index contributed by atoms with van der Waals surface area (Å²) >= 11 is 7.25. The van der Waals surface area contributed by atoms with E-state index in [0.29, 0.717) is 20.7 Å². The number of esters is 1. The molecule has 2 aromatic heterocycles. The molecule has 3 N–H and O–H groups in total. The van der Waals surface area contributed by atoms with E-state index in [1.807, 2.05) is 0 Å². The van der Waals surface area contributed by atoms with Crippen LogP contribution in [0.4, 0.5) is 10.7 Å². The topological polar surface area (TPSA) is 164 Å². The molecule has 0 aliphatic heterocycles. The van der Waals surface area contributed by atoms with Gasteiger partial charge in [-0.1, -0.05) is 29.8 Å². The van der Waals surface area contributed by atoms with Gasteiger partial charge in [-0.05, 0) is 6.07 Å². The summed E-state index contributed by atoms with van der Waals surface area (Å²) in [5.41, 5.74) is 3.92. The standard InChI is InChI=1S/C20H15ClN4O7S/c1-32-20(29)16-13(11-4-2-3-5-14(11)21)9-33-18(16)23-15(26)8-24-7-10(25(30)31)6-12(17(22)27)19(24)28/h2-7,9H,8H2,1H3,(H2,22,27)(H,23,26). The molecule has 3 rings (SSSR count). The van der Waals surface area contributed by atoms with Gasteiger partial charge < -0.3 is 15.8 Å². The zero-order valence-electron chi connectivity index (χ0n) is 16.9. The Morgan fingerprint density at radius 2 is 1.97 bits per heavy atom. The van der Waals surface area contributed by atoms with Crippen LogP contribution in [0.3, 0.4) is 0 Å². The summed E-state index contributed by atoms with van der Waals surface area (Å²) in [6.45, 7) is -0.680. The van der Waals surface area contributed by atoms with Crippen LogP contribution < -0.4 is 16.6 Å². The molecular weight excluding hydrogens is 476 g/mol. The molecule has 1 aromatic carbocycles. The zero-order valence-corrected chi connectivity index (χ0v) is 18.4. The summed E-state index contributed by atoms with van der Waals surface area (Å²) < 4.78 is 5.52. The van der Waals surface area contributed by atoms with E-state index < -0.39 is 46.1 Å². The molecule has 0 radical (unpaired) electrons. The summed E-state index contributed by atoms with van der Waals surface area (Å²) in [5.74, 6) is -2.69. The van der Waals surface area contributed by atoms with E-state index >= 15 is 0 Å². The van der Waals surface area contributed by atoms with Gasteiger partial charge in [0.25, 0.3) is 17.2 Å². The van der Waals surface area contributed by atoms with Crippen LogP contribution in [0.5, 0.6) is 0 Å². The quantitative estimate of drug-likeness (QED) is 0.292. The minimum absolute atomic E-state index is 0.0492. The van der Waals surface area contributed by atoms with Gasteiger partial charge in [-0.15, -0.1) is 11.3 Å². The number of hydrogen-bond acceptors (Lipinski definition) is 8. The van der Waals surface area contributed by atoms with Crippen molar-refractivity contribution in [2.45, 2.75) is 6.54 Å². The monoisotopic (exact) mass is 490 g/mol. The normalized spacial score (nSPS) is 10.5. The lowest BCUT2D eigenvalue weighted by Crippen LogP contribution is -2.33. The first-order chi connectivity index (χ1) is 15.6. The third kappa shape index (κ3) is 4.91. The molecule has 0 fully saturated rings. The van der Waals surface area contributed by atoms with Gasteiger partial charge >= 0.3 is 5.97 Å². The Morgan fingerprint density at radius 3 is 2.58 bits per heavy atom. The number of nitro groups is 1. The molecule has 170 valence electrons. The molecule has 0 saturated heterocycles. The van der Waals surface area contributed by atoms with Crippen molar-refractivity contribution in [3.63, 3.8) is 0 Å². The van der Waals surface area contributed by atoms with Gasteiger partial charge in [0.15, 0.2) is 0 Å². The van der Waals surface area contributed by atoms with Crippen LogP contribution in [-0.4, -0.2) is 34.4 Å². The Kier molecular flexibility index (Phi) is 6.89. The molecule has 0 aliphatic carbocycles. The average molecular weight is 491 g/mol. The maximum atomic E-state index is 12.6. The second kappa shape index (κ2) is 9.63. The number of ether oxygens (including phenoxy) is 1. The number of amides is 2. The summed E-state index contributed by atoms with van der Waals surface area (Å²) in [5, 5.41) is 15.7. The summed E-state index contributed by atoms with van der Waals surface area (Å²) in [6, 6.07) is 7.51. The Morgan fingerprint density at radius 1 is 1.27 bits per heavy atom. The number of methoxy groups -OCH3 is 1. The highest BCUT2D eigenvalue weighted by Crippen LogP contribution is 2.39. The van der Waals surface area contributed by atoms with E-state index in [9.17, 15) is 29.3 Å². The molecule has 0 bridgehead atoms. The third-order valence-electron chi connectivity index (χ3n) is 4.46. The lowest BCUT2D eigenvalue weighted by Gasteiger charge is -2.10. The maximum absolute atomic E-state index is 12.6. The molecule has 0 saturated carbocycles. The van der Waals surface area contributed by atoms with E-state index in [-0.39, 0.29) is 10.6 Å². The van der Waals surface area contributed by atoms with Crippen LogP contribution in [-0.2, 0) is 16.1 Å². The van der Waals surface area contributed by atoms with Crippen LogP contribution >= 0.6 is 22.9 Å². The number of carbonyl (C=O) groups is 3. The Hall–Kier alpha value is -4.03. The maximum Gasteiger partial charge on any atom is 0.341 e. The van der Waals surface area contributed by atoms with Crippen molar-refractivity contribution in [1.82, 2.24) is 4.57 Å². The predicted octanol–water partition coefficient (Wildman–Crippen LogP) is 2.66. The van der Waals surface area contributed by atoms with Crippen molar-refractivity contribution in [2.75, 3.05) is 12.4 Å². The molecule has 2 amide bonds. The van der Waals surface area contributed by atoms with Gasteiger partial charge in [-0.3, -0.25) is 29.1 Å². The van der Waals surface area contributed by atoms with Crippen molar-refractivity contribution in [3.05, 3.63) is 78.5 Å². The van der Waals surface area contributed by atoms with Gasteiger partial charge in [0.2, 0.25) is 5.91 Å². The number of benzene rings is 1. The molecule has 11 nitrogen and oxygen atoms in total. The lowest BCUT2D eigenvalue weighted by molar-refractivity contribution is -0.385. The second-order valence-corrected chi connectivity index (χ2v) is 7.83. The van der Waals surface area contributed by atoms with E-state index in [0.717, 1.165) is 23.6 Å². The number of thiophene rings is 1. The van der Waals surface area contributed by atoms with E-state index in [2.05, 4.69) is 5.32 Å². The number of hydrogen-bond donors (Lipinski definition) is 2. The fourth-order valence-electron chi connectivity index (χ4n) is 2.97. The summed E-state index contributed by atoms with van der Waals surface area (Å²) in [7, 11) is 1.18. The number of pyridine rings is 1.